The normalized spacial score (nSPS) is 12.8. The van der Waals surface area contributed by atoms with Crippen LogP contribution in [0.3, 0.4) is 0 Å². The summed E-state index contributed by atoms with van der Waals surface area (Å²) in [5.41, 5.74) is 1.34. The van der Waals surface area contributed by atoms with Crippen LogP contribution in [0.4, 0.5) is 0 Å². The maximum absolute atomic E-state index is 4.19. The van der Waals surface area contributed by atoms with Gasteiger partial charge in [0.15, 0.2) is 0 Å². The van der Waals surface area contributed by atoms with Crippen LogP contribution in [-0.2, 0) is 0 Å². The lowest BCUT2D eigenvalue weighted by molar-refractivity contribution is 0.596. The largest absolute Gasteiger partial charge is 0.263 e. The predicted octanol–water partition coefficient (Wildman–Crippen LogP) is 4.53. The van der Waals surface area contributed by atoms with Crippen LogP contribution in [0.1, 0.15) is 51.0 Å². The molecule has 0 fully saturated rings. The Hall–Kier alpha value is -0.370. The summed E-state index contributed by atoms with van der Waals surface area (Å²) < 4.78 is 1.08. The lowest BCUT2D eigenvalue weighted by Crippen LogP contribution is -1.94. The highest BCUT2D eigenvalue weighted by Crippen LogP contribution is 2.23. The zero-order valence-electron chi connectivity index (χ0n) is 8.96. The number of unbranched alkanes of at least 4 members (excludes halogenated alkanes) is 2. The molecule has 78 valence electrons. The van der Waals surface area contributed by atoms with Crippen molar-refractivity contribution in [2.75, 3.05) is 0 Å². The predicted molar refractivity (Wildman–Crippen MR) is 64.5 cm³/mol. The number of aromatic nitrogens is 1. The Labute approximate surface area is 95.1 Å². The first-order valence-electron chi connectivity index (χ1n) is 5.34. The molecular formula is C12H18BrN. The Kier molecular flexibility index (Phi) is 5.16. The SMILES string of the molecule is CCCCCC(C)c1cncc(Br)c1. The number of rotatable bonds is 5. The molecule has 0 saturated heterocycles. The summed E-state index contributed by atoms with van der Waals surface area (Å²) in [5, 5.41) is 0. The molecule has 0 aromatic carbocycles. The van der Waals surface area contributed by atoms with Crippen LogP contribution < -0.4 is 0 Å². The second-order valence-electron chi connectivity index (χ2n) is 3.83. The third kappa shape index (κ3) is 3.79. The van der Waals surface area contributed by atoms with Crippen LogP contribution in [0.25, 0.3) is 0 Å². The van der Waals surface area contributed by atoms with Crippen molar-refractivity contribution in [3.8, 4) is 0 Å². The number of hydrogen-bond acceptors (Lipinski definition) is 1. The van der Waals surface area contributed by atoms with Crippen LogP contribution in [0, 0.1) is 0 Å². The van der Waals surface area contributed by atoms with Gasteiger partial charge in [0.2, 0.25) is 0 Å². The topological polar surface area (TPSA) is 12.9 Å². The first-order valence-corrected chi connectivity index (χ1v) is 6.13. The van der Waals surface area contributed by atoms with Gasteiger partial charge in [-0.2, -0.15) is 0 Å². The minimum Gasteiger partial charge on any atom is -0.263 e. The van der Waals surface area contributed by atoms with Crippen molar-refractivity contribution in [3.63, 3.8) is 0 Å². The number of halogens is 1. The van der Waals surface area contributed by atoms with E-state index in [-0.39, 0.29) is 0 Å². The molecule has 0 spiro atoms. The summed E-state index contributed by atoms with van der Waals surface area (Å²) >= 11 is 3.45. The van der Waals surface area contributed by atoms with E-state index in [9.17, 15) is 0 Å². The van der Waals surface area contributed by atoms with Crippen molar-refractivity contribution < 1.29 is 0 Å². The summed E-state index contributed by atoms with van der Waals surface area (Å²) in [7, 11) is 0. The fourth-order valence-corrected chi connectivity index (χ4v) is 1.95. The fraction of sp³-hybridized carbons (Fsp3) is 0.583. The molecule has 1 rings (SSSR count). The van der Waals surface area contributed by atoms with E-state index in [0.717, 1.165) is 4.47 Å². The van der Waals surface area contributed by atoms with E-state index in [4.69, 9.17) is 0 Å². The lowest BCUT2D eigenvalue weighted by atomic mass is 9.97. The molecule has 0 saturated carbocycles. The van der Waals surface area contributed by atoms with Crippen LogP contribution >= 0.6 is 15.9 Å². The molecule has 0 aliphatic rings. The molecule has 1 unspecified atom stereocenters. The van der Waals surface area contributed by atoms with Crippen LogP contribution in [0.5, 0.6) is 0 Å². The van der Waals surface area contributed by atoms with Gasteiger partial charge in [-0.15, -0.1) is 0 Å². The third-order valence-electron chi connectivity index (χ3n) is 2.54. The molecule has 0 N–H and O–H groups in total. The highest BCUT2D eigenvalue weighted by atomic mass is 79.9. The quantitative estimate of drug-likeness (QED) is 0.705. The van der Waals surface area contributed by atoms with Gasteiger partial charge >= 0.3 is 0 Å². The maximum atomic E-state index is 4.19. The average molecular weight is 256 g/mol. The van der Waals surface area contributed by atoms with Crippen LogP contribution in [-0.4, -0.2) is 4.98 Å². The second-order valence-corrected chi connectivity index (χ2v) is 4.75. The molecule has 0 amide bonds. The van der Waals surface area contributed by atoms with Crippen LogP contribution in [0.15, 0.2) is 22.9 Å². The van der Waals surface area contributed by atoms with Crippen LogP contribution in [0.2, 0.25) is 0 Å². The van der Waals surface area contributed by atoms with Crippen molar-refractivity contribution in [2.45, 2.75) is 45.4 Å². The van der Waals surface area contributed by atoms with Gasteiger partial charge in [-0.25, -0.2) is 0 Å². The smallest absolute Gasteiger partial charge is 0.0410 e. The molecule has 0 aliphatic carbocycles. The van der Waals surface area contributed by atoms with E-state index in [1.165, 1.54) is 31.2 Å². The standard InChI is InChI=1S/C12H18BrN/c1-3-4-5-6-10(2)11-7-12(13)9-14-8-11/h7-10H,3-6H2,1-2H3. The maximum Gasteiger partial charge on any atom is 0.0410 e. The summed E-state index contributed by atoms with van der Waals surface area (Å²) in [6, 6.07) is 2.17. The minimum absolute atomic E-state index is 0.631. The monoisotopic (exact) mass is 255 g/mol. The zero-order valence-corrected chi connectivity index (χ0v) is 10.5. The fourth-order valence-electron chi connectivity index (χ4n) is 1.56. The van der Waals surface area contributed by atoms with Crippen molar-refractivity contribution in [1.29, 1.82) is 0 Å². The number of pyridine rings is 1. The summed E-state index contributed by atoms with van der Waals surface area (Å²) in [6.07, 6.45) is 9.04. The lowest BCUT2D eigenvalue weighted by Gasteiger charge is -2.10. The Balaban J connectivity index is 2.47. The molecule has 0 bridgehead atoms. The van der Waals surface area contributed by atoms with E-state index >= 15 is 0 Å². The molecule has 1 aromatic rings. The van der Waals surface area contributed by atoms with Gasteiger partial charge in [0, 0.05) is 16.9 Å². The average Bonchev–Trinajstić information content (AvgIpc) is 2.18. The minimum atomic E-state index is 0.631. The van der Waals surface area contributed by atoms with Gasteiger partial charge in [0.1, 0.15) is 0 Å². The molecule has 0 aliphatic heterocycles. The van der Waals surface area contributed by atoms with Gasteiger partial charge in [-0.1, -0.05) is 33.1 Å². The van der Waals surface area contributed by atoms with Crippen molar-refractivity contribution >= 4 is 15.9 Å². The Bertz CT molecular complexity index is 273. The first-order chi connectivity index (χ1) is 6.74. The first kappa shape index (κ1) is 11.7. The molecule has 0 radical (unpaired) electrons. The van der Waals surface area contributed by atoms with E-state index in [0.29, 0.717) is 5.92 Å². The van der Waals surface area contributed by atoms with Gasteiger partial charge in [-0.3, -0.25) is 4.98 Å². The summed E-state index contributed by atoms with van der Waals surface area (Å²) in [5.74, 6) is 0.631. The second kappa shape index (κ2) is 6.18. The number of hydrogen-bond donors (Lipinski definition) is 0. The van der Waals surface area contributed by atoms with E-state index in [1.54, 1.807) is 0 Å². The Morgan fingerprint density at radius 1 is 1.36 bits per heavy atom. The highest BCUT2D eigenvalue weighted by molar-refractivity contribution is 9.10. The molecular weight excluding hydrogens is 238 g/mol. The Morgan fingerprint density at radius 2 is 2.14 bits per heavy atom. The van der Waals surface area contributed by atoms with Crippen molar-refractivity contribution in [2.24, 2.45) is 0 Å². The molecule has 2 heteroatoms. The zero-order chi connectivity index (χ0) is 10.4. The molecule has 1 aromatic heterocycles. The summed E-state index contributed by atoms with van der Waals surface area (Å²) in [6.45, 7) is 4.52. The van der Waals surface area contributed by atoms with E-state index in [1.807, 2.05) is 12.4 Å². The Morgan fingerprint density at radius 3 is 2.79 bits per heavy atom. The highest BCUT2D eigenvalue weighted by Gasteiger charge is 2.05. The molecule has 1 nitrogen and oxygen atoms in total. The van der Waals surface area contributed by atoms with E-state index < -0.39 is 0 Å². The number of nitrogens with zero attached hydrogens (tertiary/aromatic N) is 1. The van der Waals surface area contributed by atoms with Crippen molar-refractivity contribution in [3.05, 3.63) is 28.5 Å². The van der Waals surface area contributed by atoms with Crippen molar-refractivity contribution in [1.82, 2.24) is 4.98 Å². The van der Waals surface area contributed by atoms with Gasteiger partial charge in [-0.05, 0) is 39.9 Å². The molecule has 1 atom stereocenters. The van der Waals surface area contributed by atoms with Gasteiger partial charge < -0.3 is 0 Å². The summed E-state index contributed by atoms with van der Waals surface area (Å²) in [4.78, 5) is 4.19. The van der Waals surface area contributed by atoms with Gasteiger partial charge in [0.25, 0.3) is 0 Å². The van der Waals surface area contributed by atoms with E-state index in [2.05, 4.69) is 40.8 Å². The molecule has 1 heterocycles. The molecule has 14 heavy (non-hydrogen) atoms. The third-order valence-corrected chi connectivity index (χ3v) is 2.97. The van der Waals surface area contributed by atoms with Gasteiger partial charge in [0.05, 0.1) is 0 Å².